The normalized spacial score (nSPS) is 10.4. The zero-order valence-corrected chi connectivity index (χ0v) is 8.90. The molecular formula is C9H15N3S. The Labute approximate surface area is 83.2 Å². The van der Waals surface area contributed by atoms with Gasteiger partial charge in [-0.1, -0.05) is 18.7 Å². The number of hydrogen-bond donors (Lipinski definition) is 1. The number of aryl methyl sites for hydroxylation is 1. The predicted octanol–water partition coefficient (Wildman–Crippen LogP) is 1.75. The van der Waals surface area contributed by atoms with E-state index in [2.05, 4.69) is 16.9 Å². The van der Waals surface area contributed by atoms with E-state index < -0.39 is 0 Å². The molecule has 1 aromatic rings. The summed E-state index contributed by atoms with van der Waals surface area (Å²) < 4.78 is 0. The molecule has 1 rings (SSSR count). The molecule has 1 aromatic heterocycles. The van der Waals surface area contributed by atoms with Crippen LogP contribution in [-0.4, -0.2) is 15.7 Å². The van der Waals surface area contributed by atoms with Crippen molar-refractivity contribution in [2.75, 3.05) is 5.75 Å². The largest absolute Gasteiger partial charge is 0.325 e. The molecule has 72 valence electrons. The lowest BCUT2D eigenvalue weighted by atomic mass is 10.3. The smallest absolute Gasteiger partial charge is 0.188 e. The van der Waals surface area contributed by atoms with E-state index in [1.807, 2.05) is 13.0 Å². The highest BCUT2D eigenvalue weighted by Crippen LogP contribution is 2.14. The quantitative estimate of drug-likeness (QED) is 0.590. The van der Waals surface area contributed by atoms with Crippen molar-refractivity contribution >= 4 is 11.8 Å². The van der Waals surface area contributed by atoms with E-state index in [9.17, 15) is 0 Å². The van der Waals surface area contributed by atoms with Crippen molar-refractivity contribution in [1.82, 2.24) is 9.97 Å². The van der Waals surface area contributed by atoms with Crippen LogP contribution in [0.25, 0.3) is 0 Å². The summed E-state index contributed by atoms with van der Waals surface area (Å²) >= 11 is 1.69. The summed E-state index contributed by atoms with van der Waals surface area (Å²) in [6, 6.07) is 1.93. The van der Waals surface area contributed by atoms with Crippen LogP contribution in [0.4, 0.5) is 0 Å². The highest BCUT2D eigenvalue weighted by molar-refractivity contribution is 7.99. The van der Waals surface area contributed by atoms with Crippen molar-refractivity contribution in [3.8, 4) is 0 Å². The van der Waals surface area contributed by atoms with Crippen LogP contribution in [0.3, 0.4) is 0 Å². The number of nitrogens with zero attached hydrogens (tertiary/aromatic N) is 2. The summed E-state index contributed by atoms with van der Waals surface area (Å²) in [5.41, 5.74) is 7.43. The Hall–Kier alpha value is -0.610. The SMILES string of the molecule is CCCSc1nc(C)cc(CN)n1. The molecule has 3 nitrogen and oxygen atoms in total. The minimum atomic E-state index is 0.489. The molecule has 0 amide bonds. The van der Waals surface area contributed by atoms with E-state index in [1.165, 1.54) is 0 Å². The van der Waals surface area contributed by atoms with Crippen LogP contribution >= 0.6 is 11.8 Å². The molecule has 0 aliphatic carbocycles. The Kier molecular flexibility index (Phi) is 4.18. The molecule has 0 aliphatic rings. The number of rotatable bonds is 4. The second-order valence-corrected chi connectivity index (χ2v) is 3.90. The molecule has 0 fully saturated rings. The molecule has 4 heteroatoms. The van der Waals surface area contributed by atoms with Gasteiger partial charge in [-0.25, -0.2) is 9.97 Å². The minimum absolute atomic E-state index is 0.489. The number of nitrogens with two attached hydrogens (primary N) is 1. The molecule has 0 radical (unpaired) electrons. The highest BCUT2D eigenvalue weighted by Gasteiger charge is 2.00. The topological polar surface area (TPSA) is 51.8 Å². The number of hydrogen-bond acceptors (Lipinski definition) is 4. The Balaban J connectivity index is 2.76. The van der Waals surface area contributed by atoms with Gasteiger partial charge in [0.2, 0.25) is 0 Å². The minimum Gasteiger partial charge on any atom is -0.325 e. The van der Waals surface area contributed by atoms with E-state index in [4.69, 9.17) is 5.73 Å². The van der Waals surface area contributed by atoms with Gasteiger partial charge in [0, 0.05) is 18.0 Å². The lowest BCUT2D eigenvalue weighted by Crippen LogP contribution is -2.03. The van der Waals surface area contributed by atoms with Gasteiger partial charge in [0.1, 0.15) is 0 Å². The summed E-state index contributed by atoms with van der Waals surface area (Å²) in [5, 5.41) is 0.849. The fourth-order valence-electron chi connectivity index (χ4n) is 0.967. The van der Waals surface area contributed by atoms with Gasteiger partial charge in [-0.3, -0.25) is 0 Å². The van der Waals surface area contributed by atoms with Gasteiger partial charge in [-0.05, 0) is 19.4 Å². The summed E-state index contributed by atoms with van der Waals surface area (Å²) in [4.78, 5) is 8.63. The summed E-state index contributed by atoms with van der Waals surface area (Å²) in [7, 11) is 0. The second-order valence-electron chi connectivity index (χ2n) is 2.84. The molecule has 0 spiro atoms. The standard InChI is InChI=1S/C9H15N3S/c1-3-4-13-9-11-7(2)5-8(6-10)12-9/h5H,3-4,6,10H2,1-2H3. The average Bonchev–Trinajstić information content (AvgIpc) is 2.14. The van der Waals surface area contributed by atoms with Gasteiger partial charge in [-0.2, -0.15) is 0 Å². The zero-order valence-electron chi connectivity index (χ0n) is 8.08. The summed E-state index contributed by atoms with van der Waals surface area (Å²) in [6.45, 7) is 4.60. The fourth-order valence-corrected chi connectivity index (χ4v) is 1.74. The van der Waals surface area contributed by atoms with Crippen LogP contribution in [0.15, 0.2) is 11.2 Å². The molecule has 0 atom stereocenters. The first kappa shape index (κ1) is 10.5. The molecule has 0 saturated heterocycles. The molecule has 1 heterocycles. The van der Waals surface area contributed by atoms with Crippen molar-refractivity contribution in [3.63, 3.8) is 0 Å². The van der Waals surface area contributed by atoms with E-state index in [1.54, 1.807) is 11.8 Å². The van der Waals surface area contributed by atoms with E-state index in [0.717, 1.165) is 28.7 Å². The fraction of sp³-hybridized carbons (Fsp3) is 0.556. The Bertz CT molecular complexity index is 276. The lowest BCUT2D eigenvalue weighted by molar-refractivity contribution is 0.853. The van der Waals surface area contributed by atoms with Gasteiger partial charge in [0.25, 0.3) is 0 Å². The van der Waals surface area contributed by atoms with E-state index >= 15 is 0 Å². The maximum Gasteiger partial charge on any atom is 0.188 e. The number of aromatic nitrogens is 2. The van der Waals surface area contributed by atoms with Crippen LogP contribution in [0.5, 0.6) is 0 Å². The maximum absolute atomic E-state index is 5.52. The molecule has 0 bridgehead atoms. The Morgan fingerprint density at radius 1 is 1.46 bits per heavy atom. The summed E-state index contributed by atoms with van der Waals surface area (Å²) in [6.07, 6.45) is 1.14. The Morgan fingerprint density at radius 3 is 2.85 bits per heavy atom. The lowest BCUT2D eigenvalue weighted by Gasteiger charge is -2.02. The third-order valence-electron chi connectivity index (χ3n) is 1.53. The van der Waals surface area contributed by atoms with Crippen LogP contribution in [-0.2, 0) is 6.54 Å². The van der Waals surface area contributed by atoms with Crippen LogP contribution in [0.2, 0.25) is 0 Å². The molecule has 2 N–H and O–H groups in total. The molecule has 0 unspecified atom stereocenters. The van der Waals surface area contributed by atoms with E-state index in [-0.39, 0.29) is 0 Å². The van der Waals surface area contributed by atoms with Crippen LogP contribution < -0.4 is 5.73 Å². The zero-order chi connectivity index (χ0) is 9.68. The third-order valence-corrected chi connectivity index (χ3v) is 2.58. The maximum atomic E-state index is 5.52. The second kappa shape index (κ2) is 5.19. The van der Waals surface area contributed by atoms with Crippen LogP contribution in [0, 0.1) is 6.92 Å². The van der Waals surface area contributed by atoms with Gasteiger partial charge < -0.3 is 5.73 Å². The molecular weight excluding hydrogens is 182 g/mol. The summed E-state index contributed by atoms with van der Waals surface area (Å²) in [5.74, 6) is 1.06. The van der Waals surface area contributed by atoms with E-state index in [0.29, 0.717) is 6.54 Å². The Morgan fingerprint density at radius 2 is 2.23 bits per heavy atom. The van der Waals surface area contributed by atoms with Crippen molar-refractivity contribution in [3.05, 3.63) is 17.5 Å². The monoisotopic (exact) mass is 197 g/mol. The molecule has 0 aromatic carbocycles. The van der Waals surface area contributed by atoms with Gasteiger partial charge in [-0.15, -0.1) is 0 Å². The van der Waals surface area contributed by atoms with Gasteiger partial charge in [0.05, 0.1) is 5.69 Å². The molecule has 0 saturated carbocycles. The van der Waals surface area contributed by atoms with Gasteiger partial charge in [0.15, 0.2) is 5.16 Å². The molecule has 0 aliphatic heterocycles. The first-order valence-electron chi connectivity index (χ1n) is 4.43. The average molecular weight is 197 g/mol. The predicted molar refractivity (Wildman–Crippen MR) is 55.7 cm³/mol. The van der Waals surface area contributed by atoms with Crippen molar-refractivity contribution in [2.45, 2.75) is 32.0 Å². The van der Waals surface area contributed by atoms with Gasteiger partial charge >= 0.3 is 0 Å². The highest BCUT2D eigenvalue weighted by atomic mass is 32.2. The first-order valence-corrected chi connectivity index (χ1v) is 5.42. The number of thioether (sulfide) groups is 1. The van der Waals surface area contributed by atoms with Crippen molar-refractivity contribution < 1.29 is 0 Å². The van der Waals surface area contributed by atoms with Crippen molar-refractivity contribution in [2.24, 2.45) is 5.73 Å². The van der Waals surface area contributed by atoms with Crippen LogP contribution in [0.1, 0.15) is 24.7 Å². The van der Waals surface area contributed by atoms with Crippen molar-refractivity contribution in [1.29, 1.82) is 0 Å². The first-order chi connectivity index (χ1) is 6.26. The third kappa shape index (κ3) is 3.32. The molecule has 13 heavy (non-hydrogen) atoms.